The van der Waals surface area contributed by atoms with E-state index in [1.165, 1.54) is 0 Å². The molecule has 0 unspecified atom stereocenters. The molecule has 116 valence electrons. The van der Waals surface area contributed by atoms with E-state index in [1.54, 1.807) is 18.5 Å². The lowest BCUT2D eigenvalue weighted by atomic mass is 10.2. The van der Waals surface area contributed by atoms with Crippen LogP contribution in [0.15, 0.2) is 35.1 Å². The van der Waals surface area contributed by atoms with Gasteiger partial charge in [-0.2, -0.15) is 0 Å². The zero-order valence-electron chi connectivity index (χ0n) is 12.0. The lowest BCUT2D eigenvalue weighted by Crippen LogP contribution is -2.36. The van der Waals surface area contributed by atoms with Crippen LogP contribution in [0.5, 0.6) is 0 Å². The van der Waals surface area contributed by atoms with Crippen molar-refractivity contribution in [1.82, 2.24) is 15.3 Å². The fraction of sp³-hybridized carbons (Fsp3) is 0.333. The minimum absolute atomic E-state index is 0.129. The predicted octanol–water partition coefficient (Wildman–Crippen LogP) is 1.94. The number of aromatic amines is 1. The summed E-state index contributed by atoms with van der Waals surface area (Å²) in [5, 5.41) is 2.90. The molecule has 7 heteroatoms. The second kappa shape index (κ2) is 6.93. The van der Waals surface area contributed by atoms with Gasteiger partial charge in [0.15, 0.2) is 0 Å². The number of halogens is 1. The third-order valence-electron chi connectivity index (χ3n) is 3.49. The molecule has 1 fully saturated rings. The van der Waals surface area contributed by atoms with E-state index in [0.717, 1.165) is 42.2 Å². The number of carbonyl (C=O) groups excluding carboxylic acids is 1. The number of rotatable bonds is 4. The highest BCUT2D eigenvalue weighted by Gasteiger charge is 2.13. The summed E-state index contributed by atoms with van der Waals surface area (Å²) >= 11 is 3.31. The van der Waals surface area contributed by atoms with E-state index in [-0.39, 0.29) is 5.91 Å². The molecule has 1 aliphatic rings. The number of hydrogen-bond acceptors (Lipinski definition) is 4. The van der Waals surface area contributed by atoms with E-state index in [0.29, 0.717) is 12.2 Å². The highest BCUT2D eigenvalue weighted by atomic mass is 79.9. The van der Waals surface area contributed by atoms with Gasteiger partial charge in [-0.25, -0.2) is 4.98 Å². The first-order chi connectivity index (χ1) is 10.7. The molecule has 3 heterocycles. The number of H-pyrrole nitrogens is 1. The van der Waals surface area contributed by atoms with Gasteiger partial charge in [0.2, 0.25) is 0 Å². The van der Waals surface area contributed by atoms with Crippen LogP contribution in [0.4, 0.5) is 5.82 Å². The Morgan fingerprint density at radius 1 is 1.41 bits per heavy atom. The van der Waals surface area contributed by atoms with E-state index in [4.69, 9.17) is 4.74 Å². The Hall–Kier alpha value is -1.86. The molecule has 0 saturated carbocycles. The van der Waals surface area contributed by atoms with Gasteiger partial charge in [0, 0.05) is 36.5 Å². The molecular formula is C15H17BrN4O2. The summed E-state index contributed by atoms with van der Waals surface area (Å²) in [6, 6.07) is 5.67. The van der Waals surface area contributed by atoms with Crippen molar-refractivity contribution in [3.05, 3.63) is 46.3 Å². The summed E-state index contributed by atoms with van der Waals surface area (Å²) in [6.45, 7) is 3.61. The summed E-state index contributed by atoms with van der Waals surface area (Å²) in [4.78, 5) is 21.5. The van der Waals surface area contributed by atoms with Gasteiger partial charge in [0.05, 0.1) is 13.2 Å². The second-order valence-corrected chi connectivity index (χ2v) is 5.95. The highest BCUT2D eigenvalue weighted by Crippen LogP contribution is 2.15. The van der Waals surface area contributed by atoms with Crippen molar-refractivity contribution in [2.24, 2.45) is 0 Å². The number of hydrogen-bond donors (Lipinski definition) is 2. The van der Waals surface area contributed by atoms with Crippen LogP contribution in [-0.4, -0.2) is 42.2 Å². The first-order valence-corrected chi connectivity index (χ1v) is 7.91. The Balaban J connectivity index is 1.61. The van der Waals surface area contributed by atoms with Gasteiger partial charge in [-0.15, -0.1) is 0 Å². The van der Waals surface area contributed by atoms with Crippen molar-refractivity contribution in [3.8, 4) is 0 Å². The van der Waals surface area contributed by atoms with Crippen molar-refractivity contribution >= 4 is 27.7 Å². The van der Waals surface area contributed by atoms with Crippen LogP contribution in [0.3, 0.4) is 0 Å². The lowest BCUT2D eigenvalue weighted by Gasteiger charge is -2.28. The van der Waals surface area contributed by atoms with Crippen LogP contribution < -0.4 is 10.2 Å². The fourth-order valence-corrected chi connectivity index (χ4v) is 2.66. The molecule has 6 nitrogen and oxygen atoms in total. The van der Waals surface area contributed by atoms with Crippen molar-refractivity contribution in [2.45, 2.75) is 6.54 Å². The Kier molecular flexibility index (Phi) is 4.74. The highest BCUT2D eigenvalue weighted by molar-refractivity contribution is 9.10. The van der Waals surface area contributed by atoms with Gasteiger partial charge in [-0.3, -0.25) is 4.79 Å². The molecule has 2 aromatic rings. The lowest BCUT2D eigenvalue weighted by molar-refractivity contribution is 0.0946. The molecule has 3 rings (SSSR count). The minimum atomic E-state index is -0.129. The fourth-order valence-electron chi connectivity index (χ4n) is 2.31. The normalized spacial score (nSPS) is 14.9. The van der Waals surface area contributed by atoms with E-state index in [9.17, 15) is 4.79 Å². The van der Waals surface area contributed by atoms with Crippen molar-refractivity contribution in [2.75, 3.05) is 31.2 Å². The van der Waals surface area contributed by atoms with Crippen LogP contribution in [0.2, 0.25) is 0 Å². The Morgan fingerprint density at radius 3 is 2.95 bits per heavy atom. The SMILES string of the molecule is O=C(NCc1ccnc(N2CCOCC2)c1)c1cc(Br)c[nH]1. The molecule has 0 atom stereocenters. The number of anilines is 1. The van der Waals surface area contributed by atoms with Crippen molar-refractivity contribution < 1.29 is 9.53 Å². The molecule has 1 saturated heterocycles. The maximum Gasteiger partial charge on any atom is 0.267 e. The van der Waals surface area contributed by atoms with Crippen LogP contribution in [0, 0.1) is 0 Å². The number of pyridine rings is 1. The number of nitrogens with zero attached hydrogens (tertiary/aromatic N) is 2. The molecule has 0 aromatic carbocycles. The van der Waals surface area contributed by atoms with Gasteiger partial charge >= 0.3 is 0 Å². The van der Waals surface area contributed by atoms with Gasteiger partial charge in [0.1, 0.15) is 11.5 Å². The predicted molar refractivity (Wildman–Crippen MR) is 86.9 cm³/mol. The number of ether oxygens (including phenoxy) is 1. The number of morpholine rings is 1. The zero-order valence-corrected chi connectivity index (χ0v) is 13.6. The van der Waals surface area contributed by atoms with Crippen molar-refractivity contribution in [1.29, 1.82) is 0 Å². The first kappa shape index (κ1) is 15.1. The summed E-state index contributed by atoms with van der Waals surface area (Å²) in [6.07, 6.45) is 3.51. The average molecular weight is 365 g/mol. The van der Waals surface area contributed by atoms with Crippen molar-refractivity contribution in [3.63, 3.8) is 0 Å². The third-order valence-corrected chi connectivity index (χ3v) is 3.95. The van der Waals surface area contributed by atoms with Crippen LogP contribution in [0.25, 0.3) is 0 Å². The van der Waals surface area contributed by atoms with Gasteiger partial charge in [-0.05, 0) is 39.7 Å². The molecule has 1 aliphatic heterocycles. The van der Waals surface area contributed by atoms with Gasteiger partial charge in [-0.1, -0.05) is 0 Å². The smallest absolute Gasteiger partial charge is 0.267 e. The number of carbonyl (C=O) groups is 1. The Bertz CT molecular complexity index is 652. The second-order valence-electron chi connectivity index (χ2n) is 5.04. The Labute approximate surface area is 137 Å². The molecule has 2 N–H and O–H groups in total. The number of nitrogens with one attached hydrogen (secondary N) is 2. The molecule has 1 amide bonds. The first-order valence-electron chi connectivity index (χ1n) is 7.12. The minimum Gasteiger partial charge on any atom is -0.378 e. The summed E-state index contributed by atoms with van der Waals surface area (Å²) in [7, 11) is 0. The van der Waals surface area contributed by atoms with E-state index >= 15 is 0 Å². The standard InChI is InChI=1S/C15H17BrN4O2/c16-12-8-13(18-10-12)15(21)19-9-11-1-2-17-14(7-11)20-3-5-22-6-4-20/h1-2,7-8,10,18H,3-6,9H2,(H,19,21). The summed E-state index contributed by atoms with van der Waals surface area (Å²) < 4.78 is 6.21. The zero-order chi connectivity index (χ0) is 15.4. The molecular weight excluding hydrogens is 348 g/mol. The average Bonchev–Trinajstić information content (AvgIpc) is 3.00. The van der Waals surface area contributed by atoms with Gasteiger partial charge in [0.25, 0.3) is 5.91 Å². The monoisotopic (exact) mass is 364 g/mol. The molecule has 0 aliphatic carbocycles. The largest absolute Gasteiger partial charge is 0.378 e. The van der Waals surface area contributed by atoms with E-state index in [1.807, 2.05) is 12.1 Å². The number of amides is 1. The van der Waals surface area contributed by atoms with Crippen LogP contribution in [0.1, 0.15) is 16.1 Å². The molecule has 0 spiro atoms. The Morgan fingerprint density at radius 2 is 2.23 bits per heavy atom. The maximum atomic E-state index is 12.0. The van der Waals surface area contributed by atoms with Crippen LogP contribution in [-0.2, 0) is 11.3 Å². The van der Waals surface area contributed by atoms with Gasteiger partial charge < -0.3 is 19.9 Å². The summed E-state index contributed by atoms with van der Waals surface area (Å²) in [5.74, 6) is 0.799. The maximum absolute atomic E-state index is 12.0. The third kappa shape index (κ3) is 3.66. The van der Waals surface area contributed by atoms with Crippen LogP contribution >= 0.6 is 15.9 Å². The number of aromatic nitrogens is 2. The summed E-state index contributed by atoms with van der Waals surface area (Å²) in [5.41, 5.74) is 1.56. The molecule has 0 bridgehead atoms. The topological polar surface area (TPSA) is 70.2 Å². The quantitative estimate of drug-likeness (QED) is 0.869. The molecule has 2 aromatic heterocycles. The molecule has 22 heavy (non-hydrogen) atoms. The molecule has 0 radical (unpaired) electrons. The van der Waals surface area contributed by atoms with E-state index in [2.05, 4.69) is 36.1 Å². The van der Waals surface area contributed by atoms with E-state index < -0.39 is 0 Å².